The second-order valence-electron chi connectivity index (χ2n) is 6.03. The lowest BCUT2D eigenvalue weighted by Gasteiger charge is -2.34. The van der Waals surface area contributed by atoms with Crippen LogP contribution in [-0.4, -0.2) is 31.7 Å². The Morgan fingerprint density at radius 2 is 1.89 bits per heavy atom. The molecule has 0 radical (unpaired) electrons. The molecule has 1 amide bonds. The molecular formula is C13H24N2O3S. The van der Waals surface area contributed by atoms with Crippen molar-refractivity contribution in [2.75, 3.05) is 6.54 Å². The van der Waals surface area contributed by atoms with Gasteiger partial charge in [0.25, 0.3) is 0 Å². The average Bonchev–Trinajstić information content (AvgIpc) is 2.54. The van der Waals surface area contributed by atoms with Crippen LogP contribution in [0, 0.1) is 0 Å². The first kappa shape index (κ1) is 14.8. The second kappa shape index (κ2) is 5.79. The highest BCUT2D eigenvalue weighted by Gasteiger charge is 2.41. The fraction of sp³-hybridized carbons (Fsp3) is 0.923. The maximum absolute atomic E-state index is 12.6. The van der Waals surface area contributed by atoms with Gasteiger partial charge in [-0.2, -0.15) is 0 Å². The van der Waals surface area contributed by atoms with Crippen molar-refractivity contribution < 1.29 is 13.2 Å². The Kier molecular flexibility index (Phi) is 4.50. The number of sulfonamides is 1. The summed E-state index contributed by atoms with van der Waals surface area (Å²) < 4.78 is 27.2. The van der Waals surface area contributed by atoms with Crippen molar-refractivity contribution in [2.45, 2.75) is 69.1 Å². The third-order valence-electron chi connectivity index (χ3n) is 4.37. The summed E-state index contributed by atoms with van der Waals surface area (Å²) in [6, 6.07) is -0.244. The van der Waals surface area contributed by atoms with Crippen LogP contribution in [0.2, 0.25) is 0 Å². The van der Waals surface area contributed by atoms with Crippen molar-refractivity contribution in [1.82, 2.24) is 10.0 Å². The number of hydrogen-bond donors (Lipinski definition) is 2. The highest BCUT2D eigenvalue weighted by molar-refractivity contribution is 7.90. The van der Waals surface area contributed by atoms with Gasteiger partial charge in [-0.25, -0.2) is 13.1 Å². The number of hydrogen-bond acceptors (Lipinski definition) is 3. The van der Waals surface area contributed by atoms with E-state index in [2.05, 4.69) is 10.0 Å². The normalized spacial score (nSPS) is 28.5. The fourth-order valence-electron chi connectivity index (χ4n) is 3.00. The molecule has 2 N–H and O–H groups in total. The zero-order valence-corrected chi connectivity index (χ0v) is 12.4. The molecule has 1 heterocycles. The van der Waals surface area contributed by atoms with Gasteiger partial charge in [0.1, 0.15) is 0 Å². The van der Waals surface area contributed by atoms with Crippen molar-refractivity contribution in [3.8, 4) is 0 Å². The summed E-state index contributed by atoms with van der Waals surface area (Å²) in [6.07, 6.45) is 6.34. The zero-order chi connectivity index (χ0) is 13.9. The maximum atomic E-state index is 12.6. The predicted molar refractivity (Wildman–Crippen MR) is 74.2 cm³/mol. The van der Waals surface area contributed by atoms with Crippen molar-refractivity contribution in [2.24, 2.45) is 0 Å². The Balaban J connectivity index is 2.05. The number of rotatable bonds is 3. The Labute approximate surface area is 115 Å². The molecule has 1 aliphatic carbocycles. The monoisotopic (exact) mass is 288 g/mol. The van der Waals surface area contributed by atoms with Gasteiger partial charge in [-0.1, -0.05) is 19.3 Å². The van der Waals surface area contributed by atoms with Gasteiger partial charge in [0, 0.05) is 19.0 Å². The molecule has 2 rings (SSSR count). The summed E-state index contributed by atoms with van der Waals surface area (Å²) in [6.45, 7) is 2.49. The van der Waals surface area contributed by atoms with Crippen molar-refractivity contribution in [1.29, 1.82) is 0 Å². The molecule has 1 saturated heterocycles. The quantitative estimate of drug-likeness (QED) is 0.822. The summed E-state index contributed by atoms with van der Waals surface area (Å²) in [5.74, 6) is -0.0565. The number of amides is 1. The molecule has 0 aromatic rings. The topological polar surface area (TPSA) is 75.3 Å². The van der Waals surface area contributed by atoms with Crippen LogP contribution in [0.25, 0.3) is 0 Å². The van der Waals surface area contributed by atoms with Gasteiger partial charge in [0.15, 0.2) is 0 Å². The van der Waals surface area contributed by atoms with Crippen molar-refractivity contribution in [3.05, 3.63) is 0 Å². The first-order valence-corrected chi connectivity index (χ1v) is 8.70. The standard InChI is InChI=1S/C13H24N2O3S/c1-13(7-3-2-4-8-13)19(17,18)15-11-6-5-9-14-12(16)10-11/h11,15H,2-10H2,1H3,(H,14,16)/t11-/m0/s1. The Morgan fingerprint density at radius 1 is 1.21 bits per heavy atom. The molecule has 1 atom stereocenters. The summed E-state index contributed by atoms with van der Waals surface area (Å²) in [7, 11) is -3.35. The molecule has 1 aliphatic heterocycles. The first-order valence-electron chi connectivity index (χ1n) is 7.22. The van der Waals surface area contributed by atoms with Gasteiger partial charge in [0.05, 0.1) is 4.75 Å². The Morgan fingerprint density at radius 3 is 2.58 bits per heavy atom. The third-order valence-corrected chi connectivity index (χ3v) is 6.71. The summed E-state index contributed by atoms with van der Waals surface area (Å²) in [5.41, 5.74) is 0. The van der Waals surface area contributed by atoms with Crippen LogP contribution in [-0.2, 0) is 14.8 Å². The van der Waals surface area contributed by atoms with Gasteiger partial charge < -0.3 is 5.32 Å². The van der Waals surface area contributed by atoms with E-state index in [0.717, 1.165) is 44.9 Å². The van der Waals surface area contributed by atoms with Gasteiger partial charge in [-0.15, -0.1) is 0 Å². The van der Waals surface area contributed by atoms with E-state index in [4.69, 9.17) is 0 Å². The molecule has 5 nitrogen and oxygen atoms in total. The highest BCUT2D eigenvalue weighted by Crippen LogP contribution is 2.34. The Bertz CT molecular complexity index is 427. The van der Waals surface area contributed by atoms with E-state index < -0.39 is 14.8 Å². The van der Waals surface area contributed by atoms with E-state index in [-0.39, 0.29) is 18.4 Å². The van der Waals surface area contributed by atoms with Crippen LogP contribution >= 0.6 is 0 Å². The summed E-state index contributed by atoms with van der Waals surface area (Å²) in [4.78, 5) is 11.5. The van der Waals surface area contributed by atoms with Crippen molar-refractivity contribution in [3.63, 3.8) is 0 Å². The van der Waals surface area contributed by atoms with E-state index in [1.54, 1.807) is 0 Å². The largest absolute Gasteiger partial charge is 0.356 e. The van der Waals surface area contributed by atoms with Crippen LogP contribution in [0.15, 0.2) is 0 Å². The predicted octanol–water partition coefficient (Wildman–Crippen LogP) is 1.30. The molecule has 110 valence electrons. The molecule has 19 heavy (non-hydrogen) atoms. The molecule has 6 heteroatoms. The van der Waals surface area contributed by atoms with Gasteiger partial charge in [-0.05, 0) is 32.6 Å². The minimum Gasteiger partial charge on any atom is -0.356 e. The minimum absolute atomic E-state index is 0.0565. The van der Waals surface area contributed by atoms with E-state index >= 15 is 0 Å². The van der Waals surface area contributed by atoms with E-state index in [1.165, 1.54) is 0 Å². The third kappa shape index (κ3) is 3.48. The van der Waals surface area contributed by atoms with Crippen LogP contribution in [0.1, 0.15) is 58.3 Å². The maximum Gasteiger partial charge on any atom is 0.221 e. The minimum atomic E-state index is -3.35. The van der Waals surface area contributed by atoms with E-state index in [9.17, 15) is 13.2 Å². The zero-order valence-electron chi connectivity index (χ0n) is 11.6. The molecule has 0 aromatic heterocycles. The van der Waals surface area contributed by atoms with E-state index in [0.29, 0.717) is 6.54 Å². The second-order valence-corrected chi connectivity index (χ2v) is 8.25. The van der Waals surface area contributed by atoms with Gasteiger partial charge in [-0.3, -0.25) is 4.79 Å². The molecule has 0 unspecified atom stereocenters. The van der Waals surface area contributed by atoms with Crippen LogP contribution < -0.4 is 10.0 Å². The summed E-state index contributed by atoms with van der Waals surface area (Å²) in [5, 5.41) is 2.78. The highest BCUT2D eigenvalue weighted by atomic mass is 32.2. The molecule has 0 bridgehead atoms. The average molecular weight is 288 g/mol. The molecule has 2 fully saturated rings. The first-order chi connectivity index (χ1) is 8.93. The van der Waals surface area contributed by atoms with Crippen LogP contribution in [0.5, 0.6) is 0 Å². The summed E-state index contributed by atoms with van der Waals surface area (Å²) >= 11 is 0. The lowest BCUT2D eigenvalue weighted by atomic mass is 9.90. The Hall–Kier alpha value is -0.620. The van der Waals surface area contributed by atoms with Crippen molar-refractivity contribution >= 4 is 15.9 Å². The SMILES string of the molecule is CC1(S(=O)(=O)N[C@H]2CCCNC(=O)C2)CCCCC1. The van der Waals surface area contributed by atoms with Crippen LogP contribution in [0.3, 0.4) is 0 Å². The van der Waals surface area contributed by atoms with Gasteiger partial charge in [0.2, 0.25) is 15.9 Å². The number of carbonyl (C=O) groups excluding carboxylic acids is 1. The lowest BCUT2D eigenvalue weighted by Crippen LogP contribution is -2.49. The lowest BCUT2D eigenvalue weighted by molar-refractivity contribution is -0.121. The molecular weight excluding hydrogens is 264 g/mol. The fourth-order valence-corrected chi connectivity index (χ4v) is 4.76. The molecule has 2 aliphatic rings. The molecule has 0 aromatic carbocycles. The smallest absolute Gasteiger partial charge is 0.221 e. The number of nitrogens with one attached hydrogen (secondary N) is 2. The van der Waals surface area contributed by atoms with E-state index in [1.807, 2.05) is 6.92 Å². The molecule has 1 saturated carbocycles. The van der Waals surface area contributed by atoms with Crippen LogP contribution in [0.4, 0.5) is 0 Å². The van der Waals surface area contributed by atoms with Gasteiger partial charge >= 0.3 is 0 Å². The number of carbonyl (C=O) groups is 1. The molecule has 0 spiro atoms.